The van der Waals surface area contributed by atoms with Crippen molar-refractivity contribution in [1.82, 2.24) is 0 Å². The first-order valence-corrected chi connectivity index (χ1v) is 2.87. The molecule has 2 nitrogen and oxygen atoms in total. The van der Waals surface area contributed by atoms with Crippen LogP contribution in [0.5, 0.6) is 0 Å². The van der Waals surface area contributed by atoms with Crippen LogP contribution in [0.1, 0.15) is 13.3 Å². The lowest BCUT2D eigenvalue weighted by Gasteiger charge is -1.87. The van der Waals surface area contributed by atoms with Crippen molar-refractivity contribution in [2.75, 3.05) is 0 Å². The van der Waals surface area contributed by atoms with E-state index in [1.54, 1.807) is 19.1 Å². The Bertz CT molecular complexity index is 116. The Labute approximate surface area is 54.6 Å². The summed E-state index contributed by atoms with van der Waals surface area (Å²) in [4.78, 5) is 19.7. The average Bonchev–Trinajstić information content (AvgIpc) is 1.89. The first kappa shape index (κ1) is 8.08. The molecule has 0 saturated heterocycles. The van der Waals surface area contributed by atoms with E-state index >= 15 is 0 Å². The number of allylic oxidation sites excluding steroid dienone is 2. The zero-order chi connectivity index (χ0) is 7.11. The minimum absolute atomic E-state index is 0.0649. The molecular weight excluding hydrogens is 116 g/mol. The summed E-state index contributed by atoms with van der Waals surface area (Å²) in [7, 11) is 0. The van der Waals surface area contributed by atoms with Gasteiger partial charge in [-0.3, -0.25) is 0 Å². The van der Waals surface area contributed by atoms with E-state index in [0.717, 1.165) is 12.6 Å². The number of carbonyl (C=O) groups is 2. The summed E-state index contributed by atoms with van der Waals surface area (Å²) in [5.41, 5.74) is 0. The second kappa shape index (κ2) is 5.22. The first-order chi connectivity index (χ1) is 4.31. The highest BCUT2D eigenvalue weighted by molar-refractivity contribution is 5.57. The highest BCUT2D eigenvalue weighted by Crippen LogP contribution is 1.91. The van der Waals surface area contributed by atoms with Gasteiger partial charge in [0.2, 0.25) is 0 Å². The predicted octanol–water partition coefficient (Wildman–Crippen LogP) is 0.967. The Morgan fingerprint density at radius 2 is 2.11 bits per heavy atom. The smallest absolute Gasteiger partial charge is 0.126 e. The van der Waals surface area contributed by atoms with Crippen LogP contribution >= 0.6 is 0 Å². The minimum Gasteiger partial charge on any atom is -0.303 e. The third kappa shape index (κ3) is 4.94. The normalized spacial score (nSPS) is 13.4. The molecule has 1 atom stereocenters. The van der Waals surface area contributed by atoms with Crippen LogP contribution < -0.4 is 0 Å². The van der Waals surface area contributed by atoms with Crippen LogP contribution in [0.25, 0.3) is 0 Å². The summed E-state index contributed by atoms with van der Waals surface area (Å²) < 4.78 is 0. The molecule has 0 saturated carbocycles. The quantitative estimate of drug-likeness (QED) is 0.415. The maximum absolute atomic E-state index is 9.96. The topological polar surface area (TPSA) is 34.1 Å². The van der Waals surface area contributed by atoms with E-state index in [-0.39, 0.29) is 5.92 Å². The number of aldehydes is 2. The Balaban J connectivity index is 3.42. The van der Waals surface area contributed by atoms with Gasteiger partial charge in [0.25, 0.3) is 0 Å². The minimum atomic E-state index is -0.0649. The van der Waals surface area contributed by atoms with E-state index in [9.17, 15) is 9.59 Å². The lowest BCUT2D eigenvalue weighted by atomic mass is 10.2. The molecule has 0 radical (unpaired) electrons. The fourth-order valence-electron chi connectivity index (χ4n) is 0.394. The van der Waals surface area contributed by atoms with Crippen molar-refractivity contribution < 1.29 is 9.59 Å². The van der Waals surface area contributed by atoms with E-state index in [4.69, 9.17) is 0 Å². The third-order valence-electron chi connectivity index (χ3n) is 0.887. The molecule has 0 aromatic rings. The van der Waals surface area contributed by atoms with Gasteiger partial charge in [-0.05, 0) is 0 Å². The number of rotatable bonds is 4. The molecule has 0 aliphatic carbocycles. The molecule has 1 unspecified atom stereocenters. The van der Waals surface area contributed by atoms with Gasteiger partial charge in [-0.1, -0.05) is 19.1 Å². The second-order valence-electron chi connectivity index (χ2n) is 1.83. The Morgan fingerprint density at radius 3 is 2.56 bits per heavy atom. The van der Waals surface area contributed by atoms with Gasteiger partial charge in [-0.2, -0.15) is 0 Å². The molecule has 0 heterocycles. The number of hydrogen-bond donors (Lipinski definition) is 0. The van der Waals surface area contributed by atoms with Crippen molar-refractivity contribution in [3.05, 3.63) is 12.2 Å². The fourth-order valence-corrected chi connectivity index (χ4v) is 0.394. The Hall–Kier alpha value is -0.920. The van der Waals surface area contributed by atoms with Gasteiger partial charge < -0.3 is 9.59 Å². The van der Waals surface area contributed by atoms with Crippen LogP contribution in [0.3, 0.4) is 0 Å². The van der Waals surface area contributed by atoms with Crippen LogP contribution in [-0.2, 0) is 9.59 Å². The van der Waals surface area contributed by atoms with Gasteiger partial charge in [0.1, 0.15) is 12.6 Å². The van der Waals surface area contributed by atoms with Crippen molar-refractivity contribution in [2.24, 2.45) is 5.92 Å². The molecule has 2 heteroatoms. The molecule has 0 aromatic carbocycles. The van der Waals surface area contributed by atoms with Gasteiger partial charge in [-0.25, -0.2) is 0 Å². The van der Waals surface area contributed by atoms with Crippen molar-refractivity contribution in [1.29, 1.82) is 0 Å². The zero-order valence-corrected chi connectivity index (χ0v) is 5.41. The van der Waals surface area contributed by atoms with Gasteiger partial charge >= 0.3 is 0 Å². The maximum atomic E-state index is 9.96. The lowest BCUT2D eigenvalue weighted by molar-refractivity contribution is -0.109. The number of hydrogen-bond acceptors (Lipinski definition) is 2. The van der Waals surface area contributed by atoms with Crippen LogP contribution in [0.15, 0.2) is 12.2 Å². The van der Waals surface area contributed by atoms with Gasteiger partial charge in [0, 0.05) is 12.3 Å². The summed E-state index contributed by atoms with van der Waals surface area (Å²) in [6, 6.07) is 0. The van der Waals surface area contributed by atoms with Gasteiger partial charge in [0.15, 0.2) is 0 Å². The van der Waals surface area contributed by atoms with Crippen LogP contribution in [0.2, 0.25) is 0 Å². The van der Waals surface area contributed by atoms with Gasteiger partial charge in [-0.15, -0.1) is 0 Å². The summed E-state index contributed by atoms with van der Waals surface area (Å²) >= 11 is 0. The molecule has 0 fully saturated rings. The first-order valence-electron chi connectivity index (χ1n) is 2.87. The highest BCUT2D eigenvalue weighted by Gasteiger charge is 1.88. The molecular formula is C7H10O2. The molecule has 0 spiro atoms. The molecule has 0 aliphatic rings. The molecule has 0 aromatic heterocycles. The summed E-state index contributed by atoms with van der Waals surface area (Å²) in [6.45, 7) is 1.77. The number of carbonyl (C=O) groups excluding carboxylic acids is 2. The fraction of sp³-hybridized carbons (Fsp3) is 0.429. The van der Waals surface area contributed by atoms with E-state index in [1.807, 2.05) is 0 Å². The van der Waals surface area contributed by atoms with Crippen LogP contribution in [0, 0.1) is 5.92 Å². The second-order valence-corrected chi connectivity index (χ2v) is 1.83. The average molecular weight is 126 g/mol. The van der Waals surface area contributed by atoms with Crippen LogP contribution in [-0.4, -0.2) is 12.6 Å². The largest absolute Gasteiger partial charge is 0.303 e. The maximum Gasteiger partial charge on any atom is 0.126 e. The van der Waals surface area contributed by atoms with Crippen molar-refractivity contribution in [3.63, 3.8) is 0 Å². The summed E-state index contributed by atoms with van der Waals surface area (Å²) in [5, 5.41) is 0. The summed E-state index contributed by atoms with van der Waals surface area (Å²) in [6.07, 6.45) is 5.43. The standard InChI is InChI=1S/C7H10O2/c1-7(6-9)4-2-3-5-8/h2,4-7H,3H2,1H3. The summed E-state index contributed by atoms with van der Waals surface area (Å²) in [5.74, 6) is -0.0649. The van der Waals surface area contributed by atoms with Gasteiger partial charge in [0.05, 0.1) is 0 Å². The highest BCUT2D eigenvalue weighted by atomic mass is 16.1. The molecule has 0 N–H and O–H groups in total. The Kier molecular flexibility index (Phi) is 4.69. The van der Waals surface area contributed by atoms with E-state index in [2.05, 4.69) is 0 Å². The Morgan fingerprint density at radius 1 is 1.44 bits per heavy atom. The van der Waals surface area contributed by atoms with Crippen LogP contribution in [0.4, 0.5) is 0 Å². The zero-order valence-electron chi connectivity index (χ0n) is 5.41. The molecule has 0 bridgehead atoms. The van der Waals surface area contributed by atoms with Crippen molar-refractivity contribution in [3.8, 4) is 0 Å². The molecule has 9 heavy (non-hydrogen) atoms. The van der Waals surface area contributed by atoms with E-state index < -0.39 is 0 Å². The van der Waals surface area contributed by atoms with Crippen molar-refractivity contribution in [2.45, 2.75) is 13.3 Å². The third-order valence-corrected chi connectivity index (χ3v) is 0.887. The predicted molar refractivity (Wildman–Crippen MR) is 35.0 cm³/mol. The van der Waals surface area contributed by atoms with E-state index in [1.165, 1.54) is 0 Å². The molecule has 50 valence electrons. The molecule has 0 rings (SSSR count). The monoisotopic (exact) mass is 126 g/mol. The molecule has 0 aliphatic heterocycles. The van der Waals surface area contributed by atoms with Crippen molar-refractivity contribution >= 4 is 12.6 Å². The van der Waals surface area contributed by atoms with E-state index in [0.29, 0.717) is 6.42 Å². The lowest BCUT2D eigenvalue weighted by Crippen LogP contribution is -1.87. The SMILES string of the molecule is CC(C=O)C=CCC=O. The molecule has 0 amide bonds.